The van der Waals surface area contributed by atoms with Crippen LogP contribution >= 0.6 is 12.6 Å². The smallest absolute Gasteiger partial charge is 0.328 e. The predicted octanol–water partition coefficient (Wildman–Crippen LogP) is -8.15. The fourth-order valence-electron chi connectivity index (χ4n) is 9.21. The molecule has 0 aliphatic carbocycles. The number of carbonyl (C=O) groups excluding carboxylic acids is 10. The van der Waals surface area contributed by atoms with Gasteiger partial charge in [-0.25, -0.2) is 4.79 Å². The van der Waals surface area contributed by atoms with E-state index in [1.165, 1.54) is 11.1 Å². The van der Waals surface area contributed by atoms with Gasteiger partial charge >= 0.3 is 5.97 Å². The van der Waals surface area contributed by atoms with Gasteiger partial charge < -0.3 is 109 Å². The van der Waals surface area contributed by atoms with E-state index in [0.717, 1.165) is 13.8 Å². The number of thiol groups is 1. The minimum Gasteiger partial charge on any atom is -0.480 e. The highest BCUT2D eigenvalue weighted by molar-refractivity contribution is 7.80. The highest BCUT2D eigenvalue weighted by Gasteiger charge is 2.40. The van der Waals surface area contributed by atoms with Gasteiger partial charge in [0.1, 0.15) is 66.5 Å². The van der Waals surface area contributed by atoms with Gasteiger partial charge in [-0.3, -0.25) is 47.9 Å². The molecule has 1 aliphatic heterocycles. The minimum absolute atomic E-state index is 0.142. The van der Waals surface area contributed by atoms with Crippen molar-refractivity contribution in [2.45, 2.75) is 118 Å². The number of aromatic amines is 2. The standard InChI is InChI=1S/C53H73N13O19S/c1-24(72)41(50(81)61-36(20-69)46(77)63-39(23-86)48(79)60-37(21-70)47(78)65-42(25(2)73)51(82)62-38(22-71)53(84)85)64-44(75)34(15-27-17-56-32-11-6-4-9-29(27)32)57-45(76)35(19-68)59-43(74)33(14-26-16-55-31-10-5-3-8-28(26)31)58-49(80)40-12-7-13-66(40)52(83)30(54)18-67/h3-6,8-11,16-17,24-25,30,33-42,55-56,67-73,86H,7,12-15,18-23,54H2,1-2H3,(H,57,76)(H,58,80)(H,59,74)(H,60,79)(H,61,81)(H,62,82)(H,63,77)(H,64,75)(H,65,78)(H,84,85)/t24-,25-,30+,33+,34+,35+,36+,37+,38+,39+,40+,41+,42+/m1/s1. The Morgan fingerprint density at radius 1 is 0.535 bits per heavy atom. The number of hydrogen-bond donors (Lipinski definition) is 21. The number of carboxylic acid groups (broad SMARTS) is 1. The van der Waals surface area contributed by atoms with Crippen molar-refractivity contribution in [3.8, 4) is 0 Å². The fourth-order valence-corrected chi connectivity index (χ4v) is 9.47. The van der Waals surface area contributed by atoms with Crippen molar-refractivity contribution in [1.29, 1.82) is 0 Å². The SMILES string of the molecule is C[C@@H](O)[C@H](NC(=O)[C@H](CO)NC(=O)[C@H](CS)NC(=O)[C@H](CO)NC(=O)[C@@H](NC(=O)[C@H](Cc1c[nH]c2ccccc12)NC(=O)[C@H](CO)NC(=O)[C@H](Cc1c[nH]c2ccccc12)NC(=O)[C@@H]1CCCN1C(=O)[C@@H](N)CO)[C@@H](C)O)C(=O)N[C@@H](CO)C(=O)O. The van der Waals surface area contributed by atoms with Crippen LogP contribution < -0.4 is 53.6 Å². The van der Waals surface area contributed by atoms with E-state index in [4.69, 9.17) is 10.8 Å². The number of rotatable bonds is 32. The molecular weight excluding hydrogens is 1150 g/mol. The molecule has 0 radical (unpaired) electrons. The Morgan fingerprint density at radius 2 is 0.907 bits per heavy atom. The topological polar surface area (TPSA) is 519 Å². The number of hydrogen-bond acceptors (Lipinski definition) is 20. The first-order valence-corrected chi connectivity index (χ1v) is 27.7. The zero-order valence-electron chi connectivity index (χ0n) is 46.6. The highest BCUT2D eigenvalue weighted by Crippen LogP contribution is 2.23. The van der Waals surface area contributed by atoms with E-state index in [1.54, 1.807) is 54.7 Å². The van der Waals surface area contributed by atoms with Crippen LogP contribution in [0, 0.1) is 0 Å². The molecule has 470 valence electrons. The molecule has 13 atom stereocenters. The Kier molecular flexibility index (Phi) is 25.7. The van der Waals surface area contributed by atoms with E-state index in [-0.39, 0.29) is 25.8 Å². The van der Waals surface area contributed by atoms with Crippen LogP contribution in [-0.2, 0) is 65.6 Å². The van der Waals surface area contributed by atoms with E-state index in [9.17, 15) is 88.5 Å². The number of H-pyrrole nitrogens is 2. The summed E-state index contributed by atoms with van der Waals surface area (Å²) in [6, 6.07) is -4.58. The molecule has 1 saturated heterocycles. The Hall–Kier alpha value is -8.28. The second kappa shape index (κ2) is 32.3. The lowest BCUT2D eigenvalue weighted by Gasteiger charge is -2.29. The molecule has 3 heterocycles. The van der Waals surface area contributed by atoms with Gasteiger partial charge in [0, 0.05) is 59.3 Å². The van der Waals surface area contributed by atoms with Crippen molar-refractivity contribution >= 4 is 99.5 Å². The maximum absolute atomic E-state index is 14.4. The fraction of sp³-hybridized carbons (Fsp3) is 0.491. The van der Waals surface area contributed by atoms with Crippen LogP contribution in [0.15, 0.2) is 60.9 Å². The Morgan fingerprint density at radius 3 is 1.34 bits per heavy atom. The summed E-state index contributed by atoms with van der Waals surface area (Å²) in [5, 5.41) is 101. The number of fused-ring (bicyclic) bond motifs is 2. The number of benzene rings is 2. The number of likely N-dealkylation sites (tertiary alicyclic amines) is 1. The Bertz CT molecular complexity index is 3070. The van der Waals surface area contributed by atoms with E-state index < -0.39 is 182 Å². The van der Waals surface area contributed by atoms with Gasteiger partial charge in [0.2, 0.25) is 59.1 Å². The Balaban J connectivity index is 1.31. The van der Waals surface area contributed by atoms with Crippen LogP contribution in [0.1, 0.15) is 37.8 Å². The van der Waals surface area contributed by atoms with Crippen LogP contribution in [0.5, 0.6) is 0 Å². The number of para-hydroxylation sites is 2. The molecule has 86 heavy (non-hydrogen) atoms. The van der Waals surface area contributed by atoms with Gasteiger partial charge in [-0.2, -0.15) is 12.6 Å². The zero-order valence-corrected chi connectivity index (χ0v) is 47.5. The average Bonchev–Trinajstić information content (AvgIpc) is 3.92. The van der Waals surface area contributed by atoms with Crippen molar-refractivity contribution < 1.29 is 93.6 Å². The van der Waals surface area contributed by atoms with Gasteiger partial charge in [-0.1, -0.05) is 36.4 Å². The number of nitrogens with zero attached hydrogens (tertiary/aromatic N) is 1. The summed E-state index contributed by atoms with van der Waals surface area (Å²) in [6.07, 6.45) is -0.215. The summed E-state index contributed by atoms with van der Waals surface area (Å²) < 4.78 is 0. The normalized spacial score (nSPS) is 17.3. The molecule has 0 spiro atoms. The van der Waals surface area contributed by atoms with Gasteiger partial charge in [-0.15, -0.1) is 0 Å². The number of aliphatic carboxylic acids is 1. The number of aromatic nitrogens is 2. The first-order chi connectivity index (χ1) is 40.9. The van der Waals surface area contributed by atoms with Gasteiger partial charge in [0.05, 0.1) is 45.2 Å². The summed E-state index contributed by atoms with van der Waals surface area (Å²) in [5.74, 6) is -13.2. The molecule has 5 rings (SSSR count). The highest BCUT2D eigenvalue weighted by atomic mass is 32.1. The number of carboxylic acids is 1. The Labute approximate surface area is 495 Å². The van der Waals surface area contributed by atoms with Crippen molar-refractivity contribution in [2.75, 3.05) is 45.3 Å². The molecule has 2 aromatic carbocycles. The van der Waals surface area contributed by atoms with E-state index in [1.807, 2.05) is 10.6 Å². The summed E-state index contributed by atoms with van der Waals surface area (Å²) in [5.41, 5.74) is 8.11. The molecule has 10 amide bonds. The molecule has 1 aliphatic rings. The summed E-state index contributed by atoms with van der Waals surface area (Å²) in [7, 11) is 0. The monoisotopic (exact) mass is 1230 g/mol. The quantitative estimate of drug-likeness (QED) is 0.0202. The zero-order chi connectivity index (χ0) is 63.5. The second-order valence-corrected chi connectivity index (χ2v) is 20.6. The van der Waals surface area contributed by atoms with Crippen molar-refractivity contribution in [1.82, 2.24) is 62.7 Å². The van der Waals surface area contributed by atoms with Crippen molar-refractivity contribution in [3.05, 3.63) is 72.1 Å². The molecular formula is C53H73N13O19S. The lowest BCUT2D eigenvalue weighted by molar-refractivity contribution is -0.144. The predicted molar refractivity (Wildman–Crippen MR) is 304 cm³/mol. The molecule has 1 fully saturated rings. The number of aliphatic hydroxyl groups is 7. The van der Waals surface area contributed by atoms with Crippen molar-refractivity contribution in [2.24, 2.45) is 5.73 Å². The summed E-state index contributed by atoms with van der Waals surface area (Å²) >= 11 is 4.05. The number of carbonyl (C=O) groups is 11. The van der Waals surface area contributed by atoms with Crippen LogP contribution in [0.25, 0.3) is 21.8 Å². The average molecular weight is 1230 g/mol. The number of aliphatic hydroxyl groups excluding tert-OH is 7. The number of amides is 10. The van der Waals surface area contributed by atoms with Crippen LogP contribution in [0.4, 0.5) is 0 Å². The number of nitrogens with one attached hydrogen (secondary N) is 11. The largest absolute Gasteiger partial charge is 0.480 e. The van der Waals surface area contributed by atoms with Gasteiger partial charge in [0.25, 0.3) is 0 Å². The van der Waals surface area contributed by atoms with E-state index in [0.29, 0.717) is 39.4 Å². The molecule has 21 N–H and O–H groups in total. The third kappa shape index (κ3) is 17.9. The first kappa shape index (κ1) is 68.5. The van der Waals surface area contributed by atoms with Crippen LogP contribution in [0.3, 0.4) is 0 Å². The molecule has 0 unspecified atom stereocenters. The van der Waals surface area contributed by atoms with Crippen LogP contribution in [0.2, 0.25) is 0 Å². The third-order valence-corrected chi connectivity index (χ3v) is 14.4. The molecule has 2 aromatic heterocycles. The van der Waals surface area contributed by atoms with Gasteiger partial charge in [-0.05, 0) is 49.9 Å². The van der Waals surface area contributed by atoms with Crippen LogP contribution in [-0.4, -0.2) is 245 Å². The molecule has 33 heteroatoms. The molecule has 0 saturated carbocycles. The lowest BCUT2D eigenvalue weighted by atomic mass is 10.0. The molecule has 32 nitrogen and oxygen atoms in total. The third-order valence-electron chi connectivity index (χ3n) is 14.0. The summed E-state index contributed by atoms with van der Waals surface area (Å²) in [6.45, 7) is -2.84. The molecule has 0 bridgehead atoms. The van der Waals surface area contributed by atoms with E-state index in [2.05, 4.69) is 59.8 Å². The maximum Gasteiger partial charge on any atom is 0.328 e. The first-order valence-electron chi connectivity index (χ1n) is 27.0. The van der Waals surface area contributed by atoms with Gasteiger partial charge in [0.15, 0.2) is 0 Å². The summed E-state index contributed by atoms with van der Waals surface area (Å²) in [4.78, 5) is 155. The lowest BCUT2D eigenvalue weighted by Crippen LogP contribution is -2.63. The molecule has 4 aromatic rings. The minimum atomic E-state index is -1.96. The maximum atomic E-state index is 14.4. The van der Waals surface area contributed by atoms with Crippen molar-refractivity contribution in [3.63, 3.8) is 0 Å². The van der Waals surface area contributed by atoms with E-state index >= 15 is 0 Å². The second-order valence-electron chi connectivity index (χ2n) is 20.2. The number of nitrogens with two attached hydrogens (primary N) is 1.